The third kappa shape index (κ3) is 5.47. The van der Waals surface area contributed by atoms with Gasteiger partial charge in [0.05, 0.1) is 0 Å². The van der Waals surface area contributed by atoms with E-state index in [0.717, 1.165) is 10.5 Å². The van der Waals surface area contributed by atoms with E-state index in [-0.39, 0.29) is 6.03 Å². The minimum Gasteiger partial charge on any atom is -0.334 e. The number of urea groups is 1. The fourth-order valence-electron chi connectivity index (χ4n) is 1.92. The minimum absolute atomic E-state index is 0.256. The van der Waals surface area contributed by atoms with E-state index in [4.69, 9.17) is 0 Å². The number of carbonyl (C=O) groups excluding carboxylic acids is 1. The van der Waals surface area contributed by atoms with Crippen LogP contribution in [0.15, 0.2) is 72.1 Å². The van der Waals surface area contributed by atoms with Crippen molar-refractivity contribution in [1.82, 2.24) is 20.3 Å². The second-order valence-corrected chi connectivity index (χ2v) is 5.84. The SMILES string of the molecule is O=C(NCc1ccncc1)Nc1ccc(SNc2ncccn2)cc1. The van der Waals surface area contributed by atoms with E-state index in [1.54, 1.807) is 30.9 Å². The molecule has 2 aromatic heterocycles. The first-order valence-electron chi connectivity index (χ1n) is 7.53. The molecule has 0 spiro atoms. The van der Waals surface area contributed by atoms with Crippen LogP contribution in [0.5, 0.6) is 0 Å². The van der Waals surface area contributed by atoms with Gasteiger partial charge in [0.25, 0.3) is 0 Å². The number of pyridine rings is 1. The van der Waals surface area contributed by atoms with Gasteiger partial charge in [0, 0.05) is 41.9 Å². The lowest BCUT2D eigenvalue weighted by Gasteiger charge is -2.08. The molecule has 0 saturated carbocycles. The highest BCUT2D eigenvalue weighted by atomic mass is 32.2. The molecule has 25 heavy (non-hydrogen) atoms. The van der Waals surface area contributed by atoms with Gasteiger partial charge in [-0.2, -0.15) is 0 Å². The average Bonchev–Trinajstić information content (AvgIpc) is 2.67. The Labute approximate surface area is 149 Å². The van der Waals surface area contributed by atoms with Crippen LogP contribution >= 0.6 is 11.9 Å². The number of amides is 2. The molecule has 0 bridgehead atoms. The predicted molar refractivity (Wildman–Crippen MR) is 98.0 cm³/mol. The third-order valence-electron chi connectivity index (χ3n) is 3.14. The highest BCUT2D eigenvalue weighted by molar-refractivity contribution is 8.00. The van der Waals surface area contributed by atoms with Crippen LogP contribution in [0, 0.1) is 0 Å². The number of nitrogens with zero attached hydrogens (tertiary/aromatic N) is 3. The second kappa shape index (κ2) is 8.65. The molecule has 7 nitrogen and oxygen atoms in total. The van der Waals surface area contributed by atoms with Crippen molar-refractivity contribution in [1.29, 1.82) is 0 Å². The molecule has 1 aromatic carbocycles. The maximum absolute atomic E-state index is 11.9. The summed E-state index contributed by atoms with van der Waals surface area (Å²) in [7, 11) is 0. The Kier molecular flexibility index (Phi) is 5.78. The summed E-state index contributed by atoms with van der Waals surface area (Å²) in [6.07, 6.45) is 6.74. The maximum atomic E-state index is 11.9. The van der Waals surface area contributed by atoms with E-state index in [9.17, 15) is 4.79 Å². The first-order valence-corrected chi connectivity index (χ1v) is 8.35. The van der Waals surface area contributed by atoms with Gasteiger partial charge in [0.2, 0.25) is 5.95 Å². The number of nitrogens with one attached hydrogen (secondary N) is 3. The molecule has 0 unspecified atom stereocenters. The Morgan fingerprint density at radius 3 is 2.40 bits per heavy atom. The standard InChI is InChI=1S/C17H16N6OS/c24-17(21-12-13-6-10-18-11-7-13)22-14-2-4-15(5-3-14)25-23-16-19-8-1-9-20-16/h1-11H,12H2,(H,19,20,23)(H2,21,22,24). The van der Waals surface area contributed by atoms with Crippen molar-refractivity contribution in [3.05, 3.63) is 72.8 Å². The highest BCUT2D eigenvalue weighted by Crippen LogP contribution is 2.20. The second-order valence-electron chi connectivity index (χ2n) is 4.96. The molecule has 126 valence electrons. The predicted octanol–water partition coefficient (Wildman–Crippen LogP) is 3.31. The van der Waals surface area contributed by atoms with Crippen LogP contribution < -0.4 is 15.4 Å². The van der Waals surface area contributed by atoms with Gasteiger partial charge in [-0.05, 0) is 60.0 Å². The molecule has 2 heterocycles. The lowest BCUT2D eigenvalue weighted by atomic mass is 10.3. The topological polar surface area (TPSA) is 91.8 Å². The van der Waals surface area contributed by atoms with E-state index in [1.165, 1.54) is 11.9 Å². The van der Waals surface area contributed by atoms with Crippen LogP contribution in [0.25, 0.3) is 0 Å². The van der Waals surface area contributed by atoms with Crippen LogP contribution in [0.2, 0.25) is 0 Å². The molecule has 0 fully saturated rings. The summed E-state index contributed by atoms with van der Waals surface area (Å²) in [4.78, 5) is 25.0. The van der Waals surface area contributed by atoms with Gasteiger partial charge in [-0.15, -0.1) is 0 Å². The van der Waals surface area contributed by atoms with E-state index < -0.39 is 0 Å². The molecule has 0 aliphatic carbocycles. The molecular formula is C17H16N6OS. The maximum Gasteiger partial charge on any atom is 0.319 e. The first kappa shape index (κ1) is 16.7. The van der Waals surface area contributed by atoms with Crippen molar-refractivity contribution in [2.75, 3.05) is 10.0 Å². The molecule has 3 aromatic rings. The number of hydrogen-bond donors (Lipinski definition) is 3. The smallest absolute Gasteiger partial charge is 0.319 e. The Morgan fingerprint density at radius 1 is 0.960 bits per heavy atom. The Bertz CT molecular complexity index is 798. The summed E-state index contributed by atoms with van der Waals surface area (Å²) < 4.78 is 3.05. The number of rotatable bonds is 6. The van der Waals surface area contributed by atoms with Crippen LogP contribution in [-0.4, -0.2) is 21.0 Å². The number of hydrogen-bond acceptors (Lipinski definition) is 6. The fraction of sp³-hybridized carbons (Fsp3) is 0.0588. The van der Waals surface area contributed by atoms with Crippen LogP contribution in [0.3, 0.4) is 0 Å². The molecule has 3 N–H and O–H groups in total. The number of benzene rings is 1. The fourth-order valence-corrected chi connectivity index (χ4v) is 2.51. The largest absolute Gasteiger partial charge is 0.334 e. The Balaban J connectivity index is 1.46. The molecule has 8 heteroatoms. The zero-order valence-electron chi connectivity index (χ0n) is 13.2. The summed E-state index contributed by atoms with van der Waals surface area (Å²) in [5, 5.41) is 5.59. The quantitative estimate of drug-likeness (QED) is 0.590. The highest BCUT2D eigenvalue weighted by Gasteiger charge is 2.02. The van der Waals surface area contributed by atoms with Gasteiger partial charge in [-0.3, -0.25) is 9.71 Å². The Hall–Kier alpha value is -3.13. The Morgan fingerprint density at radius 2 is 1.68 bits per heavy atom. The van der Waals surface area contributed by atoms with Gasteiger partial charge in [0.1, 0.15) is 0 Å². The molecule has 2 amide bonds. The summed E-state index contributed by atoms with van der Waals surface area (Å²) in [5.74, 6) is 0.546. The van der Waals surface area contributed by atoms with Gasteiger partial charge in [-0.25, -0.2) is 14.8 Å². The summed E-state index contributed by atoms with van der Waals surface area (Å²) in [6, 6.07) is 12.7. The van der Waals surface area contributed by atoms with E-state index in [2.05, 4.69) is 30.3 Å². The van der Waals surface area contributed by atoms with Crippen molar-refractivity contribution < 1.29 is 4.79 Å². The van der Waals surface area contributed by atoms with Gasteiger partial charge < -0.3 is 10.6 Å². The van der Waals surface area contributed by atoms with Crippen molar-refractivity contribution in [3.8, 4) is 0 Å². The van der Waals surface area contributed by atoms with Crippen molar-refractivity contribution in [3.63, 3.8) is 0 Å². The zero-order chi connectivity index (χ0) is 17.3. The average molecular weight is 352 g/mol. The van der Waals surface area contributed by atoms with E-state index in [1.807, 2.05) is 36.4 Å². The summed E-state index contributed by atoms with van der Waals surface area (Å²) in [6.45, 7) is 0.448. The molecule has 0 atom stereocenters. The normalized spacial score (nSPS) is 10.1. The van der Waals surface area contributed by atoms with Crippen molar-refractivity contribution in [2.45, 2.75) is 11.4 Å². The molecule has 0 radical (unpaired) electrons. The van der Waals surface area contributed by atoms with Crippen molar-refractivity contribution in [2.24, 2.45) is 0 Å². The lowest BCUT2D eigenvalue weighted by molar-refractivity contribution is 0.251. The molecule has 0 saturated heterocycles. The zero-order valence-corrected chi connectivity index (χ0v) is 14.0. The lowest BCUT2D eigenvalue weighted by Crippen LogP contribution is -2.28. The molecular weight excluding hydrogens is 336 g/mol. The van der Waals surface area contributed by atoms with Crippen LogP contribution in [0.4, 0.5) is 16.4 Å². The molecule has 0 aliphatic heterocycles. The molecule has 3 rings (SSSR count). The van der Waals surface area contributed by atoms with Gasteiger partial charge in [-0.1, -0.05) is 0 Å². The minimum atomic E-state index is -0.256. The van der Waals surface area contributed by atoms with Gasteiger partial charge in [0.15, 0.2) is 0 Å². The molecule has 0 aliphatic rings. The first-order chi connectivity index (χ1) is 12.3. The third-order valence-corrected chi connectivity index (χ3v) is 3.93. The monoisotopic (exact) mass is 352 g/mol. The van der Waals surface area contributed by atoms with Crippen LogP contribution in [0.1, 0.15) is 5.56 Å². The number of aromatic nitrogens is 3. The van der Waals surface area contributed by atoms with Crippen molar-refractivity contribution >= 4 is 29.6 Å². The van der Waals surface area contributed by atoms with E-state index >= 15 is 0 Å². The summed E-state index contributed by atoms with van der Waals surface area (Å²) in [5.41, 5.74) is 1.71. The van der Waals surface area contributed by atoms with E-state index in [0.29, 0.717) is 18.2 Å². The number of anilines is 2. The summed E-state index contributed by atoms with van der Waals surface area (Å²) >= 11 is 1.40. The van der Waals surface area contributed by atoms with Gasteiger partial charge >= 0.3 is 6.03 Å². The van der Waals surface area contributed by atoms with Crippen LogP contribution in [-0.2, 0) is 6.54 Å². The number of carbonyl (C=O) groups is 1.